The highest BCUT2D eigenvalue weighted by Gasteiger charge is 2.24. The summed E-state index contributed by atoms with van der Waals surface area (Å²) in [6.07, 6.45) is 0. The SMILES string of the molecule is CCOC(=O)c1c(C)nc(-c2cccc(C#N)c2)n1OCc1ccc(C)cc1. The first-order chi connectivity index (χ1) is 13.5. The number of rotatable bonds is 6. The summed E-state index contributed by atoms with van der Waals surface area (Å²) in [4.78, 5) is 23.0. The van der Waals surface area contributed by atoms with Crippen LogP contribution in [0.1, 0.15) is 39.8 Å². The molecule has 0 aliphatic heterocycles. The third-order valence-corrected chi connectivity index (χ3v) is 4.21. The highest BCUT2D eigenvalue weighted by molar-refractivity contribution is 5.89. The number of aromatic nitrogens is 2. The van der Waals surface area contributed by atoms with Crippen LogP contribution in [0.3, 0.4) is 0 Å². The standard InChI is InChI=1S/C22H21N3O3/c1-4-27-22(26)20-16(3)24-21(19-7-5-6-18(12-19)13-23)25(20)28-14-17-10-8-15(2)9-11-17/h5-12H,4,14H2,1-3H3. The van der Waals surface area contributed by atoms with Gasteiger partial charge in [-0.15, -0.1) is 0 Å². The van der Waals surface area contributed by atoms with E-state index >= 15 is 0 Å². The van der Waals surface area contributed by atoms with Crippen LogP contribution in [0.5, 0.6) is 0 Å². The van der Waals surface area contributed by atoms with E-state index in [4.69, 9.17) is 9.57 Å². The van der Waals surface area contributed by atoms with Crippen LogP contribution in [-0.2, 0) is 11.3 Å². The third-order valence-electron chi connectivity index (χ3n) is 4.21. The van der Waals surface area contributed by atoms with Gasteiger partial charge >= 0.3 is 5.97 Å². The molecule has 0 saturated heterocycles. The fourth-order valence-electron chi connectivity index (χ4n) is 2.80. The smallest absolute Gasteiger partial charge is 0.360 e. The lowest BCUT2D eigenvalue weighted by Gasteiger charge is -2.13. The van der Waals surface area contributed by atoms with Crippen molar-refractivity contribution in [3.05, 3.63) is 76.6 Å². The maximum atomic E-state index is 12.5. The zero-order chi connectivity index (χ0) is 20.1. The average molecular weight is 375 g/mol. The van der Waals surface area contributed by atoms with E-state index in [1.165, 1.54) is 4.73 Å². The molecule has 142 valence electrons. The lowest BCUT2D eigenvalue weighted by Crippen LogP contribution is -2.20. The zero-order valence-electron chi connectivity index (χ0n) is 16.1. The van der Waals surface area contributed by atoms with Gasteiger partial charge in [-0.3, -0.25) is 0 Å². The van der Waals surface area contributed by atoms with Crippen molar-refractivity contribution in [1.82, 2.24) is 9.71 Å². The Morgan fingerprint density at radius 3 is 2.61 bits per heavy atom. The van der Waals surface area contributed by atoms with Crippen molar-refractivity contribution in [2.75, 3.05) is 6.61 Å². The molecular formula is C22H21N3O3. The highest BCUT2D eigenvalue weighted by atomic mass is 16.7. The van der Waals surface area contributed by atoms with Crippen molar-refractivity contribution in [1.29, 1.82) is 5.26 Å². The molecule has 1 heterocycles. The predicted octanol–water partition coefficient (Wildman–Crippen LogP) is 3.84. The molecule has 6 nitrogen and oxygen atoms in total. The lowest BCUT2D eigenvalue weighted by molar-refractivity contribution is 0.0426. The van der Waals surface area contributed by atoms with E-state index in [0.717, 1.165) is 11.1 Å². The normalized spacial score (nSPS) is 10.4. The van der Waals surface area contributed by atoms with E-state index < -0.39 is 5.97 Å². The van der Waals surface area contributed by atoms with Crippen molar-refractivity contribution in [2.45, 2.75) is 27.4 Å². The van der Waals surface area contributed by atoms with Gasteiger partial charge in [0.05, 0.1) is 23.9 Å². The van der Waals surface area contributed by atoms with Crippen LogP contribution < -0.4 is 4.84 Å². The van der Waals surface area contributed by atoms with Gasteiger partial charge in [0.25, 0.3) is 0 Å². The molecule has 0 atom stereocenters. The van der Waals surface area contributed by atoms with Crippen molar-refractivity contribution in [3.63, 3.8) is 0 Å². The van der Waals surface area contributed by atoms with Crippen LogP contribution >= 0.6 is 0 Å². The topological polar surface area (TPSA) is 77.1 Å². The summed E-state index contributed by atoms with van der Waals surface area (Å²) in [7, 11) is 0. The Morgan fingerprint density at radius 1 is 1.18 bits per heavy atom. The number of carbonyl (C=O) groups is 1. The monoisotopic (exact) mass is 375 g/mol. The summed E-state index contributed by atoms with van der Waals surface area (Å²) >= 11 is 0. The third kappa shape index (κ3) is 4.04. The van der Waals surface area contributed by atoms with Gasteiger partial charge in [-0.1, -0.05) is 42.0 Å². The molecule has 0 bridgehead atoms. The molecule has 0 fully saturated rings. The minimum absolute atomic E-state index is 0.242. The number of esters is 1. The Labute approximate surface area is 163 Å². The Bertz CT molecular complexity index is 1030. The van der Waals surface area contributed by atoms with Crippen LogP contribution in [0.15, 0.2) is 48.5 Å². The molecule has 6 heteroatoms. The number of nitriles is 1. The van der Waals surface area contributed by atoms with Gasteiger partial charge in [-0.25, -0.2) is 9.78 Å². The van der Waals surface area contributed by atoms with Crippen molar-refractivity contribution >= 4 is 5.97 Å². The molecule has 1 aromatic heterocycles. The molecule has 0 amide bonds. The molecule has 0 spiro atoms. The largest absolute Gasteiger partial charge is 0.461 e. The van der Waals surface area contributed by atoms with E-state index in [9.17, 15) is 10.1 Å². The number of nitrogens with zero attached hydrogens (tertiary/aromatic N) is 3. The predicted molar refractivity (Wildman–Crippen MR) is 105 cm³/mol. The van der Waals surface area contributed by atoms with E-state index in [1.807, 2.05) is 37.3 Å². The summed E-state index contributed by atoms with van der Waals surface area (Å²) < 4.78 is 6.59. The molecule has 0 saturated carbocycles. The molecule has 3 rings (SSSR count). The van der Waals surface area contributed by atoms with Gasteiger partial charge in [0.2, 0.25) is 0 Å². The van der Waals surface area contributed by atoms with Crippen LogP contribution in [-0.4, -0.2) is 22.3 Å². The van der Waals surface area contributed by atoms with Crippen molar-refractivity contribution < 1.29 is 14.4 Å². The first-order valence-corrected chi connectivity index (χ1v) is 8.99. The summed E-state index contributed by atoms with van der Waals surface area (Å²) in [6, 6.07) is 17.1. The van der Waals surface area contributed by atoms with Crippen LogP contribution in [0.4, 0.5) is 0 Å². The van der Waals surface area contributed by atoms with E-state index in [2.05, 4.69) is 11.1 Å². The van der Waals surface area contributed by atoms with Gasteiger partial charge in [-0.05, 0) is 38.5 Å². The Morgan fingerprint density at radius 2 is 1.93 bits per heavy atom. The summed E-state index contributed by atoms with van der Waals surface area (Å²) in [6.45, 7) is 6.01. The fraction of sp³-hybridized carbons (Fsp3) is 0.227. The second-order valence-corrected chi connectivity index (χ2v) is 6.34. The van der Waals surface area contributed by atoms with Crippen LogP contribution in [0.25, 0.3) is 11.4 Å². The molecule has 0 aliphatic rings. The Balaban J connectivity index is 2.03. The summed E-state index contributed by atoms with van der Waals surface area (Å²) in [5.41, 5.74) is 4.04. The number of imidazole rings is 1. The number of hydrogen-bond acceptors (Lipinski definition) is 5. The first kappa shape index (κ1) is 19.2. The number of hydrogen-bond donors (Lipinski definition) is 0. The maximum Gasteiger partial charge on any atom is 0.360 e. The molecular weight excluding hydrogens is 354 g/mol. The minimum Gasteiger partial charge on any atom is -0.461 e. The van der Waals surface area contributed by atoms with Gasteiger partial charge < -0.3 is 9.57 Å². The minimum atomic E-state index is -0.501. The molecule has 3 aromatic rings. The Hall–Kier alpha value is -3.59. The molecule has 0 radical (unpaired) electrons. The van der Waals surface area contributed by atoms with Crippen molar-refractivity contribution in [2.24, 2.45) is 0 Å². The molecule has 28 heavy (non-hydrogen) atoms. The number of benzene rings is 2. The molecule has 2 aromatic carbocycles. The number of carbonyl (C=O) groups excluding carboxylic acids is 1. The second kappa shape index (κ2) is 8.40. The molecule has 0 N–H and O–H groups in total. The average Bonchev–Trinajstić information content (AvgIpc) is 3.04. The maximum absolute atomic E-state index is 12.5. The Kier molecular flexibility index (Phi) is 5.75. The van der Waals surface area contributed by atoms with Gasteiger partial charge in [0.15, 0.2) is 11.5 Å². The zero-order valence-corrected chi connectivity index (χ0v) is 16.1. The van der Waals surface area contributed by atoms with E-state index in [-0.39, 0.29) is 18.9 Å². The van der Waals surface area contributed by atoms with Gasteiger partial charge in [0.1, 0.15) is 6.61 Å². The summed E-state index contributed by atoms with van der Waals surface area (Å²) in [5.74, 6) is -0.0520. The summed E-state index contributed by atoms with van der Waals surface area (Å²) in [5, 5.41) is 9.19. The van der Waals surface area contributed by atoms with Crippen molar-refractivity contribution in [3.8, 4) is 17.5 Å². The van der Waals surface area contributed by atoms with E-state index in [1.54, 1.807) is 32.0 Å². The highest BCUT2D eigenvalue weighted by Crippen LogP contribution is 2.23. The second-order valence-electron chi connectivity index (χ2n) is 6.34. The number of aryl methyl sites for hydroxylation is 2. The lowest BCUT2D eigenvalue weighted by atomic mass is 10.1. The van der Waals surface area contributed by atoms with Crippen LogP contribution in [0, 0.1) is 25.2 Å². The fourth-order valence-corrected chi connectivity index (χ4v) is 2.80. The quantitative estimate of drug-likeness (QED) is 0.612. The first-order valence-electron chi connectivity index (χ1n) is 8.99. The van der Waals surface area contributed by atoms with Crippen LogP contribution in [0.2, 0.25) is 0 Å². The van der Waals surface area contributed by atoms with Gasteiger partial charge in [-0.2, -0.15) is 9.99 Å². The molecule has 0 unspecified atom stereocenters. The molecule has 0 aliphatic carbocycles. The van der Waals surface area contributed by atoms with E-state index in [0.29, 0.717) is 22.6 Å². The van der Waals surface area contributed by atoms with Gasteiger partial charge in [0, 0.05) is 5.56 Å². The number of ether oxygens (including phenoxy) is 1.